The predicted octanol–water partition coefficient (Wildman–Crippen LogP) is 1.05. The lowest BCUT2D eigenvalue weighted by atomic mass is 10.0. The summed E-state index contributed by atoms with van der Waals surface area (Å²) in [6, 6.07) is 12.4. The number of ether oxygens (including phenoxy) is 1. The Morgan fingerprint density at radius 3 is 2.15 bits per heavy atom. The Labute approximate surface area is 274 Å². The minimum absolute atomic E-state index is 0.0717. The van der Waals surface area contributed by atoms with Gasteiger partial charge in [0.05, 0.1) is 13.2 Å². The first-order valence-corrected chi connectivity index (χ1v) is 15.2. The third-order valence-corrected chi connectivity index (χ3v) is 6.74. The summed E-state index contributed by atoms with van der Waals surface area (Å²) >= 11 is 0. The number of unbranched alkanes of at least 4 members (excludes halogenated alkanes) is 1. The van der Waals surface area contributed by atoms with Gasteiger partial charge in [0.2, 0.25) is 29.5 Å². The van der Waals surface area contributed by atoms with Gasteiger partial charge in [-0.25, -0.2) is 4.79 Å². The van der Waals surface area contributed by atoms with Crippen LogP contribution >= 0.6 is 0 Å². The van der Waals surface area contributed by atoms with Gasteiger partial charge in [0.25, 0.3) is 0 Å². The van der Waals surface area contributed by atoms with Gasteiger partial charge in [-0.3, -0.25) is 24.0 Å². The van der Waals surface area contributed by atoms with Crippen LogP contribution in [0.1, 0.15) is 44.2 Å². The first-order chi connectivity index (χ1) is 22.5. The van der Waals surface area contributed by atoms with Crippen molar-refractivity contribution in [3.8, 4) is 0 Å². The van der Waals surface area contributed by atoms with Crippen LogP contribution in [0.4, 0.5) is 10.5 Å². The Hall–Kier alpha value is -5.24. The molecule has 14 nitrogen and oxygen atoms in total. The molecule has 0 aromatic heterocycles. The molecule has 0 aliphatic rings. The van der Waals surface area contributed by atoms with Crippen molar-refractivity contribution in [3.63, 3.8) is 0 Å². The summed E-state index contributed by atoms with van der Waals surface area (Å²) in [4.78, 5) is 75.1. The summed E-state index contributed by atoms with van der Waals surface area (Å²) in [7, 11) is 0. The number of carbonyl (C=O) groups is 6. The molecule has 3 atom stereocenters. The van der Waals surface area contributed by atoms with Gasteiger partial charge in [-0.15, -0.1) is 0 Å². The molecule has 254 valence electrons. The van der Waals surface area contributed by atoms with Crippen molar-refractivity contribution in [2.24, 2.45) is 0 Å². The Bertz CT molecular complexity index is 1350. The molecule has 2 aromatic rings. The molecule has 0 saturated heterocycles. The predicted molar refractivity (Wildman–Crippen MR) is 175 cm³/mol. The SMILES string of the molecule is C=CCOC(=O)NCCCC[C@H](NC(=O)[C@H](Cc1ccccc1)NC(=O)[C@@H](C)NC(=O)CNC(C)=O)C(=O)Nc1ccc(CO)cc1. The van der Waals surface area contributed by atoms with Gasteiger partial charge in [0, 0.05) is 25.6 Å². The molecule has 47 heavy (non-hydrogen) atoms. The van der Waals surface area contributed by atoms with E-state index in [1.54, 1.807) is 48.5 Å². The van der Waals surface area contributed by atoms with Crippen molar-refractivity contribution in [2.75, 3.05) is 25.0 Å². The van der Waals surface area contributed by atoms with Crippen LogP contribution in [0.25, 0.3) is 0 Å². The zero-order valence-corrected chi connectivity index (χ0v) is 26.7. The lowest BCUT2D eigenvalue weighted by Gasteiger charge is -2.25. The second-order valence-electron chi connectivity index (χ2n) is 10.7. The first-order valence-electron chi connectivity index (χ1n) is 15.2. The first kappa shape index (κ1) is 37.9. The summed E-state index contributed by atoms with van der Waals surface area (Å²) in [5.74, 6) is -2.76. The third kappa shape index (κ3) is 15.1. The lowest BCUT2D eigenvalue weighted by Crippen LogP contribution is -2.56. The van der Waals surface area contributed by atoms with Crippen LogP contribution in [0.5, 0.6) is 0 Å². The van der Waals surface area contributed by atoms with E-state index in [0.29, 0.717) is 24.1 Å². The zero-order chi connectivity index (χ0) is 34.6. The number of carbonyl (C=O) groups excluding carboxylic acids is 6. The van der Waals surface area contributed by atoms with E-state index in [0.717, 1.165) is 5.56 Å². The summed E-state index contributed by atoms with van der Waals surface area (Å²) in [5.41, 5.74) is 1.86. The maximum absolute atomic E-state index is 13.7. The molecule has 6 amide bonds. The number of hydrogen-bond donors (Lipinski definition) is 7. The van der Waals surface area contributed by atoms with Gasteiger partial charge < -0.3 is 41.7 Å². The Balaban J connectivity index is 2.17. The molecule has 7 N–H and O–H groups in total. The Morgan fingerprint density at radius 1 is 0.830 bits per heavy atom. The average Bonchev–Trinajstić information content (AvgIpc) is 3.05. The number of rotatable bonds is 19. The highest BCUT2D eigenvalue weighted by atomic mass is 16.5. The maximum atomic E-state index is 13.7. The van der Waals surface area contributed by atoms with E-state index >= 15 is 0 Å². The molecule has 2 aromatic carbocycles. The fourth-order valence-electron chi connectivity index (χ4n) is 4.23. The molecule has 0 radical (unpaired) electrons. The van der Waals surface area contributed by atoms with E-state index in [1.807, 2.05) is 6.07 Å². The number of amides is 6. The van der Waals surface area contributed by atoms with Gasteiger partial charge in [0.15, 0.2) is 0 Å². The molecule has 0 heterocycles. The number of alkyl carbamates (subject to hydrolysis) is 1. The minimum atomic E-state index is -1.11. The van der Waals surface area contributed by atoms with Gasteiger partial charge in [-0.1, -0.05) is 55.1 Å². The molecule has 2 rings (SSSR count). The van der Waals surface area contributed by atoms with Crippen molar-refractivity contribution in [3.05, 3.63) is 78.4 Å². The summed E-state index contributed by atoms with van der Waals surface area (Å²) in [6.07, 6.45) is 2.07. The topological polar surface area (TPSA) is 204 Å². The standard InChI is InChI=1S/C33H44N6O8/c1-4-18-47-33(46)34-17-9-8-12-27(31(44)37-26-15-13-25(21-40)14-16-26)38-32(45)28(19-24-10-6-5-7-11-24)39-30(43)22(2)36-29(42)20-35-23(3)41/h4-7,10-11,13-16,22,27-28,40H,1,8-9,12,17-21H2,2-3H3,(H,34,46)(H,35,41)(H,36,42)(H,37,44)(H,38,45)(H,39,43)/t22-,27+,28+/m1/s1. The normalized spacial score (nSPS) is 12.3. The van der Waals surface area contributed by atoms with E-state index in [-0.39, 0.29) is 39.1 Å². The molecule has 0 fully saturated rings. The van der Waals surface area contributed by atoms with Gasteiger partial charge in [-0.05, 0) is 49.4 Å². The van der Waals surface area contributed by atoms with Crippen LogP contribution < -0.4 is 31.9 Å². The number of aliphatic hydroxyl groups excluding tert-OH is 1. The summed E-state index contributed by atoms with van der Waals surface area (Å²) < 4.78 is 4.88. The largest absolute Gasteiger partial charge is 0.445 e. The Morgan fingerprint density at radius 2 is 1.51 bits per heavy atom. The van der Waals surface area contributed by atoms with Gasteiger partial charge in [0.1, 0.15) is 24.7 Å². The summed E-state index contributed by atoms with van der Waals surface area (Å²) in [5, 5.41) is 24.9. The Kier molecular flexibility index (Phi) is 16.7. The van der Waals surface area contributed by atoms with Crippen LogP contribution in [0.15, 0.2) is 67.3 Å². The molecule has 0 saturated carbocycles. The monoisotopic (exact) mass is 652 g/mol. The van der Waals surface area contributed by atoms with E-state index < -0.39 is 53.8 Å². The molecular weight excluding hydrogens is 608 g/mol. The highest BCUT2D eigenvalue weighted by Gasteiger charge is 2.29. The summed E-state index contributed by atoms with van der Waals surface area (Å²) in [6.45, 7) is 6.06. The maximum Gasteiger partial charge on any atom is 0.407 e. The van der Waals surface area contributed by atoms with Crippen molar-refractivity contribution >= 4 is 41.3 Å². The number of hydrogen-bond acceptors (Lipinski definition) is 8. The molecular formula is C33H44N6O8. The fourth-order valence-corrected chi connectivity index (χ4v) is 4.23. The van der Waals surface area contributed by atoms with Crippen LogP contribution in [0.2, 0.25) is 0 Å². The molecule has 0 aliphatic heterocycles. The van der Waals surface area contributed by atoms with E-state index in [2.05, 4.69) is 38.5 Å². The van der Waals surface area contributed by atoms with E-state index in [9.17, 15) is 33.9 Å². The third-order valence-electron chi connectivity index (χ3n) is 6.74. The van der Waals surface area contributed by atoms with Crippen LogP contribution in [-0.2, 0) is 41.7 Å². The van der Waals surface area contributed by atoms with Crippen LogP contribution in [0.3, 0.4) is 0 Å². The quantitative estimate of drug-likeness (QED) is 0.0861. The molecule has 14 heteroatoms. The minimum Gasteiger partial charge on any atom is -0.445 e. The number of aliphatic hydroxyl groups is 1. The number of nitrogens with one attached hydrogen (secondary N) is 6. The zero-order valence-electron chi connectivity index (χ0n) is 26.7. The van der Waals surface area contributed by atoms with E-state index in [1.165, 1.54) is 19.9 Å². The van der Waals surface area contributed by atoms with Gasteiger partial charge in [-0.2, -0.15) is 0 Å². The lowest BCUT2D eigenvalue weighted by molar-refractivity contribution is -0.133. The molecule has 0 unspecified atom stereocenters. The van der Waals surface area contributed by atoms with Crippen LogP contribution in [0, 0.1) is 0 Å². The fraction of sp³-hybridized carbons (Fsp3) is 0.394. The van der Waals surface area contributed by atoms with Crippen molar-refractivity contribution < 1.29 is 38.6 Å². The molecule has 0 spiro atoms. The highest BCUT2D eigenvalue weighted by molar-refractivity contribution is 5.99. The van der Waals surface area contributed by atoms with Crippen LogP contribution in [-0.4, -0.2) is 78.6 Å². The second kappa shape index (κ2) is 20.7. The van der Waals surface area contributed by atoms with Crippen molar-refractivity contribution in [1.29, 1.82) is 0 Å². The molecule has 0 bridgehead atoms. The molecule has 0 aliphatic carbocycles. The van der Waals surface area contributed by atoms with E-state index in [4.69, 9.17) is 4.74 Å². The second-order valence-corrected chi connectivity index (χ2v) is 10.7. The average molecular weight is 653 g/mol. The van der Waals surface area contributed by atoms with Crippen molar-refractivity contribution in [2.45, 2.75) is 64.3 Å². The number of benzene rings is 2. The van der Waals surface area contributed by atoms with Crippen molar-refractivity contribution in [1.82, 2.24) is 26.6 Å². The number of anilines is 1. The smallest absolute Gasteiger partial charge is 0.407 e. The highest BCUT2D eigenvalue weighted by Crippen LogP contribution is 2.12. The van der Waals surface area contributed by atoms with Gasteiger partial charge >= 0.3 is 6.09 Å².